The molecule has 0 aromatic heterocycles. The molecular weight excluding hydrogens is 210 g/mol. The largest absolute Gasteiger partial charge is 0.304 e. The lowest BCUT2D eigenvalue weighted by Crippen LogP contribution is -2.52. The van der Waals surface area contributed by atoms with Crippen LogP contribution >= 0.6 is 0 Å². The summed E-state index contributed by atoms with van der Waals surface area (Å²) in [6.07, 6.45) is 0. The Hall–Kier alpha value is -0.870. The Morgan fingerprint density at radius 2 is 1.80 bits per heavy atom. The van der Waals surface area contributed by atoms with Gasteiger partial charge in [0.2, 0.25) is 0 Å². The van der Waals surface area contributed by atoms with Gasteiger partial charge in [-0.2, -0.15) is 0 Å². The van der Waals surface area contributed by atoms with E-state index in [9.17, 15) is 8.42 Å². The zero-order valence-corrected chi connectivity index (χ0v) is 9.74. The van der Waals surface area contributed by atoms with Gasteiger partial charge in [-0.3, -0.25) is 0 Å². The van der Waals surface area contributed by atoms with Crippen molar-refractivity contribution in [3.05, 3.63) is 35.9 Å². The van der Waals surface area contributed by atoms with E-state index in [1.807, 2.05) is 49.3 Å². The summed E-state index contributed by atoms with van der Waals surface area (Å²) >= 11 is 0. The smallest absolute Gasteiger partial charge is 0.160 e. The Bertz CT molecular complexity index is 439. The van der Waals surface area contributed by atoms with Gasteiger partial charge in [0.1, 0.15) is 5.25 Å². The molecule has 0 N–H and O–H groups in total. The van der Waals surface area contributed by atoms with Crippen molar-refractivity contribution in [2.75, 3.05) is 19.8 Å². The summed E-state index contributed by atoms with van der Waals surface area (Å²) in [5.41, 5.74) is 0.905. The zero-order chi connectivity index (χ0) is 11.1. The molecule has 2 rings (SSSR count). The molecule has 1 fully saturated rings. The second-order valence-electron chi connectivity index (χ2n) is 4.19. The molecule has 0 aliphatic carbocycles. The average molecular weight is 225 g/mol. The van der Waals surface area contributed by atoms with Gasteiger partial charge in [-0.1, -0.05) is 30.3 Å². The molecule has 0 unspecified atom stereocenters. The van der Waals surface area contributed by atoms with Crippen molar-refractivity contribution in [2.24, 2.45) is 0 Å². The van der Waals surface area contributed by atoms with E-state index in [1.54, 1.807) is 0 Å². The first-order valence-electron chi connectivity index (χ1n) is 4.95. The first-order valence-corrected chi connectivity index (χ1v) is 6.67. The number of likely N-dealkylation sites (N-methyl/N-ethyl adjacent to an activating group) is 1. The number of rotatable bonds is 2. The van der Waals surface area contributed by atoms with Crippen molar-refractivity contribution < 1.29 is 8.42 Å². The first-order chi connectivity index (χ1) is 7.02. The highest BCUT2D eigenvalue weighted by atomic mass is 32.2. The molecule has 1 saturated heterocycles. The highest BCUT2D eigenvalue weighted by Crippen LogP contribution is 2.38. The molecule has 1 aromatic rings. The topological polar surface area (TPSA) is 37.4 Å². The third-order valence-corrected chi connectivity index (χ3v) is 5.10. The van der Waals surface area contributed by atoms with Crippen LogP contribution in [0, 0.1) is 0 Å². The summed E-state index contributed by atoms with van der Waals surface area (Å²) < 4.78 is 23.4. The lowest BCUT2D eigenvalue weighted by molar-refractivity contribution is 0.280. The molecule has 3 nitrogen and oxygen atoms in total. The molecule has 0 bridgehead atoms. The number of hydrogen-bond donors (Lipinski definition) is 0. The van der Waals surface area contributed by atoms with Crippen LogP contribution in [0.3, 0.4) is 0 Å². The molecule has 1 heterocycles. The van der Waals surface area contributed by atoms with Crippen molar-refractivity contribution in [1.82, 2.24) is 4.90 Å². The number of nitrogens with zero attached hydrogens (tertiary/aromatic N) is 1. The quantitative estimate of drug-likeness (QED) is 0.756. The number of benzene rings is 1. The predicted octanol–water partition coefficient (Wildman–Crippen LogP) is 1.09. The number of hydrogen-bond acceptors (Lipinski definition) is 3. The summed E-state index contributed by atoms with van der Waals surface area (Å²) in [7, 11) is 0.941. The van der Waals surface area contributed by atoms with E-state index < -0.39 is 9.84 Å². The summed E-state index contributed by atoms with van der Waals surface area (Å²) in [4.78, 5) is 1.98. The summed E-state index contributed by atoms with van der Waals surface area (Å²) in [5, 5.41) is -0.339. The second-order valence-corrected chi connectivity index (χ2v) is 6.36. The molecule has 1 aliphatic heterocycles. The number of sulfone groups is 1. The molecule has 0 radical (unpaired) electrons. The molecule has 82 valence electrons. The lowest BCUT2D eigenvalue weighted by atomic mass is 10.0. The Labute approximate surface area is 90.6 Å². The average Bonchev–Trinajstić information content (AvgIpc) is 2.16. The Kier molecular flexibility index (Phi) is 2.56. The minimum absolute atomic E-state index is 0.123. The van der Waals surface area contributed by atoms with Gasteiger partial charge in [0.15, 0.2) is 9.84 Å². The molecule has 1 aromatic carbocycles. The molecule has 1 aliphatic rings. The van der Waals surface area contributed by atoms with Crippen molar-refractivity contribution >= 4 is 9.84 Å². The van der Waals surface area contributed by atoms with Crippen molar-refractivity contribution in [1.29, 1.82) is 0 Å². The molecule has 2 atom stereocenters. The Morgan fingerprint density at radius 1 is 1.20 bits per heavy atom. The Morgan fingerprint density at radius 3 is 2.27 bits per heavy atom. The predicted molar refractivity (Wildman–Crippen MR) is 60.4 cm³/mol. The van der Waals surface area contributed by atoms with Crippen LogP contribution in [0.1, 0.15) is 10.8 Å². The SMILES string of the molecule is CN(C)[C@H]1CS(=O)(=O)[C@H]1c1ccccc1. The van der Waals surface area contributed by atoms with E-state index in [4.69, 9.17) is 0 Å². The van der Waals surface area contributed by atoms with E-state index in [0.29, 0.717) is 0 Å². The van der Waals surface area contributed by atoms with Crippen molar-refractivity contribution in [3.63, 3.8) is 0 Å². The van der Waals surface area contributed by atoms with E-state index in [0.717, 1.165) is 5.56 Å². The van der Waals surface area contributed by atoms with Gasteiger partial charge in [-0.15, -0.1) is 0 Å². The van der Waals surface area contributed by atoms with Crippen LogP contribution < -0.4 is 0 Å². The van der Waals surface area contributed by atoms with Crippen LogP contribution in [-0.2, 0) is 9.84 Å². The van der Waals surface area contributed by atoms with Crippen molar-refractivity contribution in [3.8, 4) is 0 Å². The van der Waals surface area contributed by atoms with Crippen molar-refractivity contribution in [2.45, 2.75) is 11.3 Å². The monoisotopic (exact) mass is 225 g/mol. The van der Waals surface area contributed by atoms with Crippen LogP contribution in [0.2, 0.25) is 0 Å². The van der Waals surface area contributed by atoms with Gasteiger partial charge in [0.05, 0.1) is 5.75 Å². The molecular formula is C11H15NO2S. The van der Waals surface area contributed by atoms with E-state index in [-0.39, 0.29) is 17.0 Å². The third-order valence-electron chi connectivity index (χ3n) is 2.93. The van der Waals surface area contributed by atoms with E-state index >= 15 is 0 Å². The van der Waals surface area contributed by atoms with Gasteiger partial charge in [-0.25, -0.2) is 8.42 Å². The van der Waals surface area contributed by atoms with Gasteiger partial charge in [0, 0.05) is 6.04 Å². The minimum atomic E-state index is -2.91. The fraction of sp³-hybridized carbons (Fsp3) is 0.455. The molecule has 15 heavy (non-hydrogen) atoms. The molecule has 4 heteroatoms. The highest BCUT2D eigenvalue weighted by Gasteiger charge is 2.47. The second kappa shape index (κ2) is 3.61. The molecule has 0 amide bonds. The molecule has 0 saturated carbocycles. The maximum absolute atomic E-state index is 11.7. The van der Waals surface area contributed by atoms with E-state index in [1.165, 1.54) is 0 Å². The minimum Gasteiger partial charge on any atom is -0.304 e. The maximum Gasteiger partial charge on any atom is 0.160 e. The van der Waals surface area contributed by atoms with Gasteiger partial charge < -0.3 is 4.90 Å². The van der Waals surface area contributed by atoms with E-state index in [2.05, 4.69) is 0 Å². The highest BCUT2D eigenvalue weighted by molar-refractivity contribution is 7.93. The fourth-order valence-corrected chi connectivity index (χ4v) is 4.24. The molecule has 0 spiro atoms. The van der Waals surface area contributed by atoms with Crippen LogP contribution in [0.4, 0.5) is 0 Å². The maximum atomic E-state index is 11.7. The zero-order valence-electron chi connectivity index (χ0n) is 8.92. The summed E-state index contributed by atoms with van der Waals surface area (Å²) in [6, 6.07) is 9.57. The Balaban J connectivity index is 2.34. The van der Waals surface area contributed by atoms with Crippen LogP contribution in [-0.4, -0.2) is 39.2 Å². The van der Waals surface area contributed by atoms with Gasteiger partial charge in [-0.05, 0) is 19.7 Å². The standard InChI is InChI=1S/C11H15NO2S/c1-12(2)10-8-15(13,14)11(10)9-6-4-3-5-7-9/h3-7,10-11H,8H2,1-2H3/t10-,11-/m0/s1. The first kappa shape index (κ1) is 10.6. The van der Waals surface area contributed by atoms with Crippen LogP contribution in [0.25, 0.3) is 0 Å². The normalized spacial score (nSPS) is 28.7. The summed E-state index contributed by atoms with van der Waals surface area (Å²) in [6.45, 7) is 0. The van der Waals surface area contributed by atoms with Crippen LogP contribution in [0.5, 0.6) is 0 Å². The fourth-order valence-electron chi connectivity index (χ4n) is 2.04. The van der Waals surface area contributed by atoms with Gasteiger partial charge in [0.25, 0.3) is 0 Å². The third kappa shape index (κ3) is 1.79. The lowest BCUT2D eigenvalue weighted by Gasteiger charge is -2.40. The van der Waals surface area contributed by atoms with Crippen LogP contribution in [0.15, 0.2) is 30.3 Å². The van der Waals surface area contributed by atoms with Gasteiger partial charge >= 0.3 is 0 Å². The summed E-state index contributed by atoms with van der Waals surface area (Å²) in [5.74, 6) is 0.277.